The minimum atomic E-state index is -0.983. The van der Waals surface area contributed by atoms with Crippen molar-refractivity contribution in [1.29, 1.82) is 0 Å². The van der Waals surface area contributed by atoms with Gasteiger partial charge in [0.2, 0.25) is 5.95 Å². The molecule has 0 spiro atoms. The number of benzene rings is 2. The summed E-state index contributed by atoms with van der Waals surface area (Å²) in [5.74, 6) is -0.279. The Balaban J connectivity index is 1.85. The molecule has 0 radical (unpaired) electrons. The highest BCUT2D eigenvalue weighted by Crippen LogP contribution is 2.42. The lowest BCUT2D eigenvalue weighted by molar-refractivity contribution is -0.138. The van der Waals surface area contributed by atoms with Crippen molar-refractivity contribution in [3.63, 3.8) is 0 Å². The third kappa shape index (κ3) is 3.66. The van der Waals surface area contributed by atoms with Gasteiger partial charge in [-0.1, -0.05) is 13.8 Å². The van der Waals surface area contributed by atoms with Crippen molar-refractivity contribution in [3.05, 3.63) is 41.7 Å². The third-order valence-electron chi connectivity index (χ3n) is 5.45. The van der Waals surface area contributed by atoms with Crippen molar-refractivity contribution < 1.29 is 28.9 Å². The van der Waals surface area contributed by atoms with Crippen molar-refractivity contribution >= 4 is 28.7 Å². The van der Waals surface area contributed by atoms with Crippen LogP contribution >= 0.6 is 0 Å². The van der Waals surface area contributed by atoms with Crippen LogP contribution in [0.5, 0.6) is 11.5 Å². The normalized spacial score (nSPS) is 13.6. The number of ether oxygens (including phenoxy) is 3. The van der Waals surface area contributed by atoms with Gasteiger partial charge in [-0.15, -0.1) is 0 Å². The van der Waals surface area contributed by atoms with E-state index in [1.54, 1.807) is 46.5 Å². The lowest BCUT2D eigenvalue weighted by Gasteiger charge is -2.18. The quantitative estimate of drug-likeness (QED) is 0.535. The fourth-order valence-electron chi connectivity index (χ4n) is 3.83. The number of fused-ring (bicyclic) bond motifs is 2. The van der Waals surface area contributed by atoms with Gasteiger partial charge in [-0.3, -0.25) is 0 Å². The average molecular weight is 437 g/mol. The van der Waals surface area contributed by atoms with Gasteiger partial charge < -0.3 is 24.6 Å². The monoisotopic (exact) mass is 437 g/mol. The molecule has 1 aromatic heterocycles. The van der Waals surface area contributed by atoms with Gasteiger partial charge in [-0.25, -0.2) is 19.6 Å². The number of anilines is 1. The van der Waals surface area contributed by atoms with Crippen molar-refractivity contribution in [2.45, 2.75) is 26.5 Å². The molecule has 32 heavy (non-hydrogen) atoms. The van der Waals surface area contributed by atoms with E-state index in [0.717, 1.165) is 16.3 Å². The molecule has 9 nitrogen and oxygen atoms in total. The number of aliphatic carboxylic acids is 1. The average Bonchev–Trinajstić information content (AvgIpc) is 3.15. The summed E-state index contributed by atoms with van der Waals surface area (Å²) in [6, 6.07) is 4.73. The molecule has 1 aliphatic rings. The number of hydrogen-bond donors (Lipinski definition) is 2. The molecule has 2 heterocycles. The Morgan fingerprint density at radius 3 is 2.34 bits per heavy atom. The topological polar surface area (TPSA) is 120 Å². The number of cyclic esters (lactones) is 1. The van der Waals surface area contributed by atoms with Crippen LogP contribution in [0, 0.1) is 5.92 Å². The fourth-order valence-corrected chi connectivity index (χ4v) is 3.83. The van der Waals surface area contributed by atoms with Gasteiger partial charge in [0.05, 0.1) is 19.8 Å². The van der Waals surface area contributed by atoms with E-state index in [-0.39, 0.29) is 18.5 Å². The van der Waals surface area contributed by atoms with E-state index in [2.05, 4.69) is 15.3 Å². The predicted octanol–water partition coefficient (Wildman–Crippen LogP) is 3.51. The van der Waals surface area contributed by atoms with Crippen LogP contribution in [-0.4, -0.2) is 47.3 Å². The van der Waals surface area contributed by atoms with Crippen LogP contribution in [0.1, 0.15) is 29.8 Å². The Morgan fingerprint density at radius 2 is 1.75 bits per heavy atom. The van der Waals surface area contributed by atoms with Crippen molar-refractivity contribution in [3.8, 4) is 22.6 Å². The molecule has 1 aliphatic heterocycles. The van der Waals surface area contributed by atoms with Crippen molar-refractivity contribution in [2.24, 2.45) is 5.92 Å². The first-order valence-electron chi connectivity index (χ1n) is 10.0. The molecule has 0 fully saturated rings. The first kappa shape index (κ1) is 21.4. The molecule has 0 amide bonds. The van der Waals surface area contributed by atoms with E-state index in [9.17, 15) is 14.7 Å². The predicted molar refractivity (Wildman–Crippen MR) is 117 cm³/mol. The van der Waals surface area contributed by atoms with E-state index >= 15 is 0 Å². The van der Waals surface area contributed by atoms with Gasteiger partial charge >= 0.3 is 11.9 Å². The molecule has 0 saturated carbocycles. The van der Waals surface area contributed by atoms with Crippen molar-refractivity contribution in [1.82, 2.24) is 9.97 Å². The van der Waals surface area contributed by atoms with E-state index in [0.29, 0.717) is 28.2 Å². The number of esters is 1. The molecule has 3 aromatic rings. The lowest BCUT2D eigenvalue weighted by Crippen LogP contribution is -2.34. The summed E-state index contributed by atoms with van der Waals surface area (Å²) in [6.45, 7) is 3.78. The first-order chi connectivity index (χ1) is 15.3. The Kier molecular flexibility index (Phi) is 5.56. The van der Waals surface area contributed by atoms with Crippen LogP contribution in [0.15, 0.2) is 30.6 Å². The number of rotatable bonds is 7. The molecule has 4 rings (SSSR count). The molecule has 2 aromatic carbocycles. The van der Waals surface area contributed by atoms with Gasteiger partial charge in [0, 0.05) is 29.1 Å². The van der Waals surface area contributed by atoms with Gasteiger partial charge in [0.25, 0.3) is 0 Å². The molecular formula is C23H23N3O6. The largest absolute Gasteiger partial charge is 0.493 e. The highest BCUT2D eigenvalue weighted by Gasteiger charge is 2.29. The Labute approximate surface area is 184 Å². The van der Waals surface area contributed by atoms with Crippen LogP contribution in [0.25, 0.3) is 21.9 Å². The van der Waals surface area contributed by atoms with Gasteiger partial charge in [-0.2, -0.15) is 0 Å². The minimum Gasteiger partial charge on any atom is -0.493 e. The van der Waals surface area contributed by atoms with Gasteiger partial charge in [-0.05, 0) is 34.9 Å². The zero-order valence-corrected chi connectivity index (χ0v) is 18.1. The first-order valence-corrected chi connectivity index (χ1v) is 10.0. The molecule has 2 N–H and O–H groups in total. The van der Waals surface area contributed by atoms with E-state index < -0.39 is 18.0 Å². The van der Waals surface area contributed by atoms with Crippen molar-refractivity contribution in [2.75, 3.05) is 19.5 Å². The SMILES string of the molecule is COc1cc2cc3c(c(-c4cnc(N[C@@H](C(=O)O)C(C)C)nc4)c2cc1OC)C(=O)OC3. The maximum absolute atomic E-state index is 12.5. The van der Waals surface area contributed by atoms with Crippen LogP contribution in [0.4, 0.5) is 5.95 Å². The third-order valence-corrected chi connectivity index (χ3v) is 5.45. The number of nitrogens with zero attached hydrogens (tertiary/aromatic N) is 2. The number of carbonyl (C=O) groups is 2. The minimum absolute atomic E-state index is 0.158. The molecular weight excluding hydrogens is 414 g/mol. The molecule has 9 heteroatoms. The highest BCUT2D eigenvalue weighted by atomic mass is 16.5. The number of carbonyl (C=O) groups excluding carboxylic acids is 1. The summed E-state index contributed by atoms with van der Waals surface area (Å²) in [6.07, 6.45) is 3.12. The summed E-state index contributed by atoms with van der Waals surface area (Å²) in [4.78, 5) is 32.6. The smallest absolute Gasteiger partial charge is 0.339 e. The summed E-state index contributed by atoms with van der Waals surface area (Å²) >= 11 is 0. The molecule has 0 saturated heterocycles. The molecule has 1 atom stereocenters. The number of carboxylic acid groups (broad SMARTS) is 1. The van der Waals surface area contributed by atoms with Gasteiger partial charge in [0.15, 0.2) is 11.5 Å². The van der Waals surface area contributed by atoms with E-state index in [4.69, 9.17) is 14.2 Å². The summed E-state index contributed by atoms with van der Waals surface area (Å²) < 4.78 is 16.1. The second-order valence-corrected chi connectivity index (χ2v) is 7.79. The second kappa shape index (κ2) is 8.33. The molecule has 166 valence electrons. The number of hydrogen-bond acceptors (Lipinski definition) is 8. The van der Waals surface area contributed by atoms with Crippen LogP contribution < -0.4 is 14.8 Å². The van der Waals surface area contributed by atoms with E-state index in [1.165, 1.54) is 0 Å². The number of aromatic nitrogens is 2. The number of methoxy groups -OCH3 is 2. The Morgan fingerprint density at radius 1 is 1.09 bits per heavy atom. The molecule has 0 aliphatic carbocycles. The highest BCUT2D eigenvalue weighted by molar-refractivity contribution is 6.11. The van der Waals surface area contributed by atoms with Crippen LogP contribution in [0.3, 0.4) is 0 Å². The Bertz CT molecular complexity index is 1210. The van der Waals surface area contributed by atoms with Crippen LogP contribution in [0.2, 0.25) is 0 Å². The molecule has 0 unspecified atom stereocenters. The van der Waals surface area contributed by atoms with E-state index in [1.807, 2.05) is 12.1 Å². The summed E-state index contributed by atoms with van der Waals surface area (Å²) in [7, 11) is 3.11. The molecule has 0 bridgehead atoms. The van der Waals surface area contributed by atoms with Gasteiger partial charge in [0.1, 0.15) is 12.6 Å². The number of nitrogens with one attached hydrogen (secondary N) is 1. The van der Waals surface area contributed by atoms with Crippen LogP contribution in [-0.2, 0) is 16.1 Å². The maximum Gasteiger partial charge on any atom is 0.339 e. The second-order valence-electron chi connectivity index (χ2n) is 7.79. The summed E-state index contributed by atoms with van der Waals surface area (Å²) in [5.41, 5.74) is 2.45. The maximum atomic E-state index is 12.5. The fraction of sp³-hybridized carbons (Fsp3) is 0.304. The number of carboxylic acids is 1. The lowest BCUT2D eigenvalue weighted by atomic mass is 9.91. The zero-order chi connectivity index (χ0) is 23.0. The zero-order valence-electron chi connectivity index (χ0n) is 18.1. The standard InChI is InChI=1S/C23H23N3O6/c1-11(2)20(21(27)28)26-23-24-8-14(9-25-23)18-15-7-17(31-4)16(30-3)6-12(15)5-13-10-32-22(29)19(13)18/h5-9,11,20H,10H2,1-4H3,(H,27,28)(H,24,25,26)/t20-/m1/s1. The summed E-state index contributed by atoms with van der Waals surface area (Å²) in [5, 5.41) is 13.8. The Hall–Kier alpha value is -3.88.